The maximum absolute atomic E-state index is 11.5. The van der Waals surface area contributed by atoms with Crippen molar-refractivity contribution >= 4 is 5.97 Å². The molecule has 1 aliphatic heterocycles. The van der Waals surface area contributed by atoms with Crippen LogP contribution in [0.2, 0.25) is 0 Å². The van der Waals surface area contributed by atoms with Crippen molar-refractivity contribution < 1.29 is 34.3 Å². The lowest BCUT2D eigenvalue weighted by atomic mass is 9.44. The van der Waals surface area contributed by atoms with Gasteiger partial charge in [-0.15, -0.1) is 6.58 Å². The second-order valence-electron chi connectivity index (χ2n) is 12.6. The van der Waals surface area contributed by atoms with Crippen molar-refractivity contribution in [3.8, 4) is 0 Å². The molecule has 7 heteroatoms. The minimum absolute atomic E-state index is 0.0643. The van der Waals surface area contributed by atoms with E-state index in [0.29, 0.717) is 29.6 Å². The molecule has 4 saturated carbocycles. The van der Waals surface area contributed by atoms with E-state index in [0.717, 1.165) is 25.2 Å². The average Bonchev–Trinajstić information content (AvgIpc) is 3.16. The number of hydrogen-bond acceptors (Lipinski definition) is 7. The zero-order valence-electron chi connectivity index (χ0n) is 21.5. The van der Waals surface area contributed by atoms with E-state index in [9.17, 15) is 20.1 Å². The molecule has 0 bridgehead atoms. The van der Waals surface area contributed by atoms with Crippen molar-refractivity contribution in [3.63, 3.8) is 0 Å². The molecule has 7 nitrogen and oxygen atoms in total. The maximum Gasteiger partial charge on any atom is 0.303 e. The van der Waals surface area contributed by atoms with Crippen molar-refractivity contribution in [2.24, 2.45) is 40.4 Å². The van der Waals surface area contributed by atoms with Gasteiger partial charge in [-0.1, -0.05) is 19.9 Å². The lowest BCUT2D eigenvalue weighted by Crippen LogP contribution is -2.61. The summed E-state index contributed by atoms with van der Waals surface area (Å²) in [5, 5.41) is 32.0. The number of aliphatic hydroxyl groups is 3. The Morgan fingerprint density at radius 2 is 1.60 bits per heavy atom. The molecule has 198 valence electrons. The summed E-state index contributed by atoms with van der Waals surface area (Å²) in [4.78, 5) is 11.5. The van der Waals surface area contributed by atoms with Gasteiger partial charge in [0.05, 0.1) is 18.8 Å². The van der Waals surface area contributed by atoms with Gasteiger partial charge in [-0.3, -0.25) is 4.79 Å². The molecule has 0 aromatic carbocycles. The number of rotatable bonds is 4. The van der Waals surface area contributed by atoms with Crippen LogP contribution in [0, 0.1) is 40.4 Å². The first-order valence-electron chi connectivity index (χ1n) is 13.7. The van der Waals surface area contributed by atoms with Gasteiger partial charge in [0, 0.05) is 6.92 Å². The number of fused-ring (bicyclic) bond motifs is 5. The van der Waals surface area contributed by atoms with Crippen LogP contribution in [0.4, 0.5) is 0 Å². The van der Waals surface area contributed by atoms with E-state index in [1.165, 1.54) is 32.6 Å². The number of allylic oxidation sites excluding steroid dienone is 1. The SMILES string of the molecule is C=CC1CCC2C3CCC4C(OC5OCC(O)C(OC(C)=O)C5O)C(O)CCC4(C)C3CCC12C. The van der Waals surface area contributed by atoms with Crippen LogP contribution >= 0.6 is 0 Å². The summed E-state index contributed by atoms with van der Waals surface area (Å²) in [6.45, 7) is 10.2. The molecule has 1 saturated heterocycles. The molecular weight excluding hydrogens is 448 g/mol. The summed E-state index contributed by atoms with van der Waals surface area (Å²) < 4.78 is 17.1. The molecule has 0 aromatic heterocycles. The number of carbonyl (C=O) groups is 1. The van der Waals surface area contributed by atoms with Crippen molar-refractivity contribution in [3.05, 3.63) is 12.7 Å². The predicted octanol–water partition coefficient (Wildman–Crippen LogP) is 3.20. The zero-order chi connectivity index (χ0) is 25.1. The summed E-state index contributed by atoms with van der Waals surface area (Å²) in [5.74, 6) is 2.26. The van der Waals surface area contributed by atoms with E-state index in [2.05, 4.69) is 26.5 Å². The first-order chi connectivity index (χ1) is 16.6. The van der Waals surface area contributed by atoms with Crippen LogP contribution in [0.25, 0.3) is 0 Å². The highest BCUT2D eigenvalue weighted by Gasteiger charge is 2.62. The van der Waals surface area contributed by atoms with E-state index in [4.69, 9.17) is 14.2 Å². The fourth-order valence-electron chi connectivity index (χ4n) is 9.28. The van der Waals surface area contributed by atoms with Crippen LogP contribution in [-0.2, 0) is 19.0 Å². The maximum atomic E-state index is 11.5. The molecule has 5 rings (SSSR count). The molecule has 0 spiro atoms. The molecule has 3 N–H and O–H groups in total. The van der Waals surface area contributed by atoms with Crippen LogP contribution in [0.5, 0.6) is 0 Å². The lowest BCUT2D eigenvalue weighted by molar-refractivity contribution is -0.311. The molecule has 0 aromatic rings. The highest BCUT2D eigenvalue weighted by atomic mass is 16.7. The highest BCUT2D eigenvalue weighted by molar-refractivity contribution is 5.66. The third kappa shape index (κ3) is 4.10. The summed E-state index contributed by atoms with van der Waals surface area (Å²) in [7, 11) is 0. The number of ether oxygens (including phenoxy) is 3. The van der Waals surface area contributed by atoms with Gasteiger partial charge in [-0.05, 0) is 91.8 Å². The topological polar surface area (TPSA) is 105 Å². The molecule has 1 heterocycles. The second kappa shape index (κ2) is 9.39. The molecule has 0 amide bonds. The van der Waals surface area contributed by atoms with Crippen LogP contribution in [0.3, 0.4) is 0 Å². The van der Waals surface area contributed by atoms with Gasteiger partial charge in [-0.25, -0.2) is 0 Å². The van der Waals surface area contributed by atoms with Crippen molar-refractivity contribution in [2.75, 3.05) is 6.61 Å². The van der Waals surface area contributed by atoms with Gasteiger partial charge < -0.3 is 29.5 Å². The number of esters is 1. The van der Waals surface area contributed by atoms with E-state index in [1.807, 2.05) is 0 Å². The fourth-order valence-corrected chi connectivity index (χ4v) is 9.28. The summed E-state index contributed by atoms with van der Waals surface area (Å²) >= 11 is 0. The van der Waals surface area contributed by atoms with Gasteiger partial charge in [0.1, 0.15) is 12.2 Å². The summed E-state index contributed by atoms with van der Waals surface area (Å²) in [6.07, 6.45) is 5.28. The van der Waals surface area contributed by atoms with Gasteiger partial charge in [0.15, 0.2) is 12.4 Å². The first-order valence-corrected chi connectivity index (χ1v) is 13.7. The smallest absolute Gasteiger partial charge is 0.303 e. The van der Waals surface area contributed by atoms with E-state index in [-0.39, 0.29) is 17.9 Å². The Balaban J connectivity index is 1.34. The Bertz CT molecular complexity index is 817. The molecule has 35 heavy (non-hydrogen) atoms. The molecule has 13 unspecified atom stereocenters. The molecule has 4 aliphatic carbocycles. The summed E-state index contributed by atoms with van der Waals surface area (Å²) in [5.41, 5.74) is 0.428. The van der Waals surface area contributed by atoms with Crippen molar-refractivity contribution in [1.82, 2.24) is 0 Å². The molecule has 0 radical (unpaired) electrons. The van der Waals surface area contributed by atoms with E-state index in [1.54, 1.807) is 0 Å². The van der Waals surface area contributed by atoms with Crippen LogP contribution in [-0.4, -0.2) is 64.7 Å². The Morgan fingerprint density at radius 3 is 2.31 bits per heavy atom. The Kier molecular flexibility index (Phi) is 6.88. The van der Waals surface area contributed by atoms with Crippen molar-refractivity contribution in [2.45, 2.75) is 109 Å². The molecule has 5 aliphatic rings. The normalized spacial score (nSPS) is 53.7. The minimum atomic E-state index is -1.32. The Labute approximate surface area is 209 Å². The standard InChI is InChI=1S/C28H44O7/c1-5-16-6-8-18-17-7-9-20-24(35-26-23(32)25(34-15(2)29)22(31)14-33-26)21(30)11-13-28(20,4)19(17)10-12-27(16,18)3/h5,16-26,30-32H,1,6-14H2,2-4H3. The predicted molar refractivity (Wildman–Crippen MR) is 129 cm³/mol. The lowest BCUT2D eigenvalue weighted by Gasteiger charge is -2.62. The van der Waals surface area contributed by atoms with Gasteiger partial charge >= 0.3 is 5.97 Å². The Morgan fingerprint density at radius 1 is 0.914 bits per heavy atom. The quantitative estimate of drug-likeness (QED) is 0.409. The van der Waals surface area contributed by atoms with Crippen LogP contribution in [0.1, 0.15) is 72.1 Å². The number of carbonyl (C=O) groups excluding carboxylic acids is 1. The minimum Gasteiger partial charge on any atom is -0.457 e. The zero-order valence-corrected chi connectivity index (χ0v) is 21.5. The molecular formula is C28H44O7. The summed E-state index contributed by atoms with van der Waals surface area (Å²) in [6, 6.07) is 0. The Hall–Kier alpha value is -0.990. The number of aliphatic hydroxyl groups excluding tert-OH is 3. The third-order valence-electron chi connectivity index (χ3n) is 11.1. The van der Waals surface area contributed by atoms with Gasteiger partial charge in [-0.2, -0.15) is 0 Å². The van der Waals surface area contributed by atoms with Gasteiger partial charge in [0.2, 0.25) is 0 Å². The van der Waals surface area contributed by atoms with Crippen LogP contribution in [0.15, 0.2) is 12.7 Å². The third-order valence-corrected chi connectivity index (χ3v) is 11.1. The highest BCUT2D eigenvalue weighted by Crippen LogP contribution is 2.67. The van der Waals surface area contributed by atoms with Crippen molar-refractivity contribution in [1.29, 1.82) is 0 Å². The van der Waals surface area contributed by atoms with E-state index >= 15 is 0 Å². The molecule has 13 atom stereocenters. The fraction of sp³-hybridized carbons (Fsp3) is 0.893. The average molecular weight is 493 g/mol. The molecule has 5 fully saturated rings. The first kappa shape index (κ1) is 25.7. The monoisotopic (exact) mass is 492 g/mol. The second-order valence-corrected chi connectivity index (χ2v) is 12.6. The largest absolute Gasteiger partial charge is 0.457 e. The number of hydrogen-bond donors (Lipinski definition) is 3. The van der Waals surface area contributed by atoms with Gasteiger partial charge in [0.25, 0.3) is 0 Å². The van der Waals surface area contributed by atoms with Crippen LogP contribution < -0.4 is 0 Å². The van der Waals surface area contributed by atoms with E-state index < -0.39 is 42.8 Å².